The van der Waals surface area contributed by atoms with Crippen molar-refractivity contribution in [2.75, 3.05) is 5.73 Å². The van der Waals surface area contributed by atoms with E-state index in [-0.39, 0.29) is 5.69 Å². The Bertz CT molecular complexity index is 831. The molecule has 3 aromatic rings. The van der Waals surface area contributed by atoms with Crippen LogP contribution in [-0.4, -0.2) is 4.92 Å². The topological polar surface area (TPSA) is 78.4 Å². The first-order valence-electron chi connectivity index (χ1n) is 7.01. The molecule has 5 nitrogen and oxygen atoms in total. The van der Waals surface area contributed by atoms with Crippen molar-refractivity contribution in [3.63, 3.8) is 0 Å². The molecule has 0 saturated heterocycles. The van der Waals surface area contributed by atoms with Crippen molar-refractivity contribution in [1.29, 1.82) is 0 Å². The van der Waals surface area contributed by atoms with Crippen LogP contribution in [0.3, 0.4) is 0 Å². The zero-order valence-corrected chi connectivity index (χ0v) is 12.2. The first-order valence-corrected chi connectivity index (χ1v) is 7.01. The summed E-state index contributed by atoms with van der Waals surface area (Å²) in [5.41, 5.74) is 7.89. The third-order valence-electron chi connectivity index (χ3n) is 3.39. The van der Waals surface area contributed by atoms with Gasteiger partial charge in [-0.15, -0.1) is 0 Å². The number of nitro benzene ring substituents is 1. The van der Waals surface area contributed by atoms with Crippen LogP contribution in [0.4, 0.5) is 11.4 Å². The summed E-state index contributed by atoms with van der Waals surface area (Å²) in [5.74, 6) is 1.47. The Hall–Kier alpha value is -3.34. The number of para-hydroxylation sites is 1. The lowest BCUT2D eigenvalue weighted by atomic mass is 10.0. The summed E-state index contributed by atoms with van der Waals surface area (Å²) in [7, 11) is 0. The van der Waals surface area contributed by atoms with Gasteiger partial charge in [0.2, 0.25) is 0 Å². The molecular formula is C18H14N2O3. The predicted molar refractivity (Wildman–Crippen MR) is 89.5 cm³/mol. The van der Waals surface area contributed by atoms with E-state index in [1.165, 1.54) is 12.1 Å². The Balaban J connectivity index is 1.83. The Labute approximate surface area is 133 Å². The predicted octanol–water partition coefficient (Wildman–Crippen LogP) is 4.64. The van der Waals surface area contributed by atoms with E-state index in [2.05, 4.69) is 0 Å². The number of hydrogen-bond acceptors (Lipinski definition) is 4. The molecule has 0 aliphatic heterocycles. The fourth-order valence-corrected chi connectivity index (χ4v) is 2.25. The van der Waals surface area contributed by atoms with Crippen LogP contribution in [0.25, 0.3) is 11.1 Å². The zero-order chi connectivity index (χ0) is 16.2. The number of nitrogen functional groups attached to an aromatic ring is 1. The average molecular weight is 306 g/mol. The molecule has 3 rings (SSSR count). The summed E-state index contributed by atoms with van der Waals surface area (Å²) in [6.45, 7) is 0. The second kappa shape index (κ2) is 6.19. The molecule has 2 N–H and O–H groups in total. The second-order valence-electron chi connectivity index (χ2n) is 4.97. The molecular weight excluding hydrogens is 292 g/mol. The van der Waals surface area contributed by atoms with Crippen LogP contribution in [0.2, 0.25) is 0 Å². The normalized spacial score (nSPS) is 10.3. The molecule has 3 aromatic carbocycles. The van der Waals surface area contributed by atoms with Crippen molar-refractivity contribution < 1.29 is 9.66 Å². The molecule has 114 valence electrons. The molecule has 0 saturated carbocycles. The van der Waals surface area contributed by atoms with Gasteiger partial charge in [0.15, 0.2) is 0 Å². The van der Waals surface area contributed by atoms with E-state index in [0.29, 0.717) is 11.4 Å². The third-order valence-corrected chi connectivity index (χ3v) is 3.39. The van der Waals surface area contributed by atoms with Crippen molar-refractivity contribution >= 4 is 11.4 Å². The number of hydrogen-bond donors (Lipinski definition) is 1. The molecule has 0 amide bonds. The van der Waals surface area contributed by atoms with Crippen LogP contribution < -0.4 is 10.5 Å². The minimum absolute atomic E-state index is 0.0183. The van der Waals surface area contributed by atoms with Crippen LogP contribution in [0.1, 0.15) is 0 Å². The molecule has 0 heterocycles. The zero-order valence-electron chi connectivity index (χ0n) is 12.2. The van der Waals surface area contributed by atoms with Gasteiger partial charge >= 0.3 is 0 Å². The van der Waals surface area contributed by atoms with E-state index < -0.39 is 4.92 Å². The first kappa shape index (κ1) is 14.6. The van der Waals surface area contributed by atoms with Crippen LogP contribution >= 0.6 is 0 Å². The van der Waals surface area contributed by atoms with Gasteiger partial charge in [-0.2, -0.15) is 0 Å². The van der Waals surface area contributed by atoms with Gasteiger partial charge in [0.05, 0.1) is 4.92 Å². The van der Waals surface area contributed by atoms with Crippen LogP contribution in [-0.2, 0) is 0 Å². The summed E-state index contributed by atoms with van der Waals surface area (Å²) in [6.07, 6.45) is 0. The average Bonchev–Trinajstić information content (AvgIpc) is 2.56. The standard InChI is InChI=1S/C18H14N2O3/c19-18-12-14(20(21)22)8-11-17(18)13-6-9-16(10-7-13)23-15-4-2-1-3-5-15/h1-12H,19H2. The minimum Gasteiger partial charge on any atom is -0.457 e. The molecule has 0 aliphatic rings. The third kappa shape index (κ3) is 3.29. The maximum absolute atomic E-state index is 10.8. The van der Waals surface area contributed by atoms with E-state index in [1.807, 2.05) is 54.6 Å². The van der Waals surface area contributed by atoms with Crippen molar-refractivity contribution in [3.05, 3.63) is 82.9 Å². The van der Waals surface area contributed by atoms with Crippen molar-refractivity contribution in [3.8, 4) is 22.6 Å². The molecule has 0 aromatic heterocycles. The van der Waals surface area contributed by atoms with Crippen LogP contribution in [0, 0.1) is 10.1 Å². The van der Waals surface area contributed by atoms with E-state index >= 15 is 0 Å². The highest BCUT2D eigenvalue weighted by atomic mass is 16.6. The number of anilines is 1. The summed E-state index contributed by atoms with van der Waals surface area (Å²) in [5, 5.41) is 10.8. The molecule has 0 atom stereocenters. The summed E-state index contributed by atoms with van der Waals surface area (Å²) in [4.78, 5) is 10.3. The highest BCUT2D eigenvalue weighted by molar-refractivity contribution is 5.78. The molecule has 0 radical (unpaired) electrons. The molecule has 0 spiro atoms. The lowest BCUT2D eigenvalue weighted by Gasteiger charge is -2.08. The van der Waals surface area contributed by atoms with Gasteiger partial charge in [0.25, 0.3) is 5.69 Å². The lowest BCUT2D eigenvalue weighted by Crippen LogP contribution is -1.94. The monoisotopic (exact) mass is 306 g/mol. The number of benzene rings is 3. The van der Waals surface area contributed by atoms with E-state index in [1.54, 1.807) is 6.07 Å². The number of nitro groups is 1. The van der Waals surface area contributed by atoms with Crippen molar-refractivity contribution in [2.24, 2.45) is 0 Å². The second-order valence-corrected chi connectivity index (χ2v) is 4.97. The Kier molecular flexibility index (Phi) is 3.93. The highest BCUT2D eigenvalue weighted by Crippen LogP contribution is 2.31. The largest absolute Gasteiger partial charge is 0.457 e. The van der Waals surface area contributed by atoms with Gasteiger partial charge in [-0.3, -0.25) is 10.1 Å². The quantitative estimate of drug-likeness (QED) is 0.433. The first-order chi connectivity index (χ1) is 11.1. The van der Waals surface area contributed by atoms with Gasteiger partial charge in [0, 0.05) is 23.4 Å². The lowest BCUT2D eigenvalue weighted by molar-refractivity contribution is -0.384. The number of nitrogens with zero attached hydrogens (tertiary/aromatic N) is 1. The smallest absolute Gasteiger partial charge is 0.271 e. The van der Waals surface area contributed by atoms with Gasteiger partial charge in [0.1, 0.15) is 11.5 Å². The van der Waals surface area contributed by atoms with Gasteiger partial charge in [-0.05, 0) is 35.9 Å². The maximum Gasteiger partial charge on any atom is 0.271 e. The van der Waals surface area contributed by atoms with E-state index in [0.717, 1.165) is 16.9 Å². The molecule has 23 heavy (non-hydrogen) atoms. The molecule has 0 bridgehead atoms. The summed E-state index contributed by atoms with van der Waals surface area (Å²) < 4.78 is 5.73. The fraction of sp³-hybridized carbons (Fsp3) is 0. The van der Waals surface area contributed by atoms with Crippen molar-refractivity contribution in [2.45, 2.75) is 0 Å². The van der Waals surface area contributed by atoms with Crippen LogP contribution in [0.15, 0.2) is 72.8 Å². The van der Waals surface area contributed by atoms with Gasteiger partial charge in [-0.25, -0.2) is 0 Å². The van der Waals surface area contributed by atoms with Crippen molar-refractivity contribution in [1.82, 2.24) is 0 Å². The number of non-ortho nitro benzene ring substituents is 1. The highest BCUT2D eigenvalue weighted by Gasteiger charge is 2.10. The Morgan fingerprint density at radius 2 is 1.52 bits per heavy atom. The van der Waals surface area contributed by atoms with E-state index in [4.69, 9.17) is 10.5 Å². The van der Waals surface area contributed by atoms with Gasteiger partial charge in [-0.1, -0.05) is 30.3 Å². The molecule has 0 unspecified atom stereocenters. The fourth-order valence-electron chi connectivity index (χ4n) is 2.25. The van der Waals surface area contributed by atoms with Crippen LogP contribution in [0.5, 0.6) is 11.5 Å². The maximum atomic E-state index is 10.8. The van der Waals surface area contributed by atoms with Gasteiger partial charge < -0.3 is 10.5 Å². The number of rotatable bonds is 4. The number of ether oxygens (including phenoxy) is 1. The Morgan fingerprint density at radius 3 is 2.13 bits per heavy atom. The minimum atomic E-state index is -0.461. The molecule has 5 heteroatoms. The van der Waals surface area contributed by atoms with E-state index in [9.17, 15) is 10.1 Å². The summed E-state index contributed by atoms with van der Waals surface area (Å²) in [6, 6.07) is 21.4. The molecule has 0 aliphatic carbocycles. The molecule has 0 fully saturated rings. The number of nitrogens with two attached hydrogens (primary N) is 1. The Morgan fingerprint density at radius 1 is 0.870 bits per heavy atom. The summed E-state index contributed by atoms with van der Waals surface area (Å²) >= 11 is 0. The SMILES string of the molecule is Nc1cc([N+](=O)[O-])ccc1-c1ccc(Oc2ccccc2)cc1.